The fourth-order valence-corrected chi connectivity index (χ4v) is 5.05. The summed E-state index contributed by atoms with van der Waals surface area (Å²) < 4.78 is 20.9. The van der Waals surface area contributed by atoms with Crippen molar-refractivity contribution in [1.29, 1.82) is 0 Å². The quantitative estimate of drug-likeness (QED) is 0.472. The first kappa shape index (κ1) is 26.5. The molecule has 0 radical (unpaired) electrons. The number of hydrogen-bond donors (Lipinski definition) is 2. The predicted molar refractivity (Wildman–Crippen MR) is 134 cm³/mol. The van der Waals surface area contributed by atoms with E-state index in [1.165, 1.54) is 4.90 Å². The summed E-state index contributed by atoms with van der Waals surface area (Å²) in [7, 11) is 0. The van der Waals surface area contributed by atoms with Gasteiger partial charge in [-0.1, -0.05) is 30.3 Å². The van der Waals surface area contributed by atoms with Crippen molar-refractivity contribution in [2.75, 3.05) is 19.6 Å². The smallest absolute Gasteiger partial charge is 0.410 e. The van der Waals surface area contributed by atoms with Crippen molar-refractivity contribution < 1.29 is 28.3 Å². The number of rotatable bonds is 4. The van der Waals surface area contributed by atoms with Crippen LogP contribution in [-0.4, -0.2) is 70.7 Å². The Balaban J connectivity index is 1.88. The Bertz CT molecular complexity index is 1160. The molecule has 3 amide bonds. The van der Waals surface area contributed by atoms with Gasteiger partial charge in [0.05, 0.1) is 6.04 Å². The maximum atomic E-state index is 15.3. The third-order valence-corrected chi connectivity index (χ3v) is 6.79. The Labute approximate surface area is 215 Å². The van der Waals surface area contributed by atoms with E-state index in [0.29, 0.717) is 36.3 Å². The second-order valence-electron chi connectivity index (χ2n) is 10.5. The summed E-state index contributed by atoms with van der Waals surface area (Å²) in [6.45, 7) is 7.94. The second kappa shape index (κ2) is 10.1. The highest BCUT2D eigenvalue weighted by Crippen LogP contribution is 2.39. The number of hydrogen-bond acceptors (Lipinski definition) is 7. The maximum Gasteiger partial charge on any atom is 0.410 e. The van der Waals surface area contributed by atoms with Crippen LogP contribution in [0.3, 0.4) is 0 Å². The SMILES string of the molecule is CC1=C(c2ccccc2)C=C(C2CNCCN2C(=O)OC(C)(C)C)NC1(C(=O)F)N1C(=O)CCCC1=O. The van der Waals surface area contributed by atoms with Crippen molar-refractivity contribution in [1.82, 2.24) is 20.4 Å². The molecule has 0 bridgehead atoms. The highest BCUT2D eigenvalue weighted by Gasteiger charge is 2.56. The number of dihydropyridines is 1. The topological polar surface area (TPSA) is 108 Å². The van der Waals surface area contributed by atoms with Crippen LogP contribution in [-0.2, 0) is 19.1 Å². The Hall–Kier alpha value is -3.53. The summed E-state index contributed by atoms with van der Waals surface area (Å²) in [5.74, 6) is -1.26. The van der Waals surface area contributed by atoms with Crippen molar-refractivity contribution in [2.24, 2.45) is 0 Å². The van der Waals surface area contributed by atoms with Crippen molar-refractivity contribution in [3.63, 3.8) is 0 Å². The average Bonchev–Trinajstić information content (AvgIpc) is 2.84. The van der Waals surface area contributed by atoms with Crippen LogP contribution < -0.4 is 10.6 Å². The minimum absolute atomic E-state index is 0.0183. The van der Waals surface area contributed by atoms with Gasteiger partial charge in [0.2, 0.25) is 17.5 Å². The van der Waals surface area contributed by atoms with Gasteiger partial charge >= 0.3 is 12.1 Å². The minimum atomic E-state index is -2.36. The van der Waals surface area contributed by atoms with Crippen LogP contribution in [0.25, 0.3) is 5.57 Å². The summed E-state index contributed by atoms with van der Waals surface area (Å²) >= 11 is 0. The summed E-state index contributed by atoms with van der Waals surface area (Å²) in [6, 6.07) is 6.48. The fourth-order valence-electron chi connectivity index (χ4n) is 5.05. The Kier molecular flexibility index (Phi) is 7.23. The standard InChI is InChI=1S/C27H33FN4O5/c1-17-19(18-9-6-5-7-10-18)15-20(21-16-29-13-14-31(21)25(36)37-26(2,3)4)30-27(17,24(28)35)32-22(33)11-8-12-23(32)34/h5-7,9-10,15,21,29-30H,8,11-14,16H2,1-4H3. The lowest BCUT2D eigenvalue weighted by Crippen LogP contribution is -2.70. The molecule has 198 valence electrons. The van der Waals surface area contributed by atoms with E-state index in [0.717, 1.165) is 4.90 Å². The zero-order valence-corrected chi connectivity index (χ0v) is 21.6. The molecular weight excluding hydrogens is 479 g/mol. The van der Waals surface area contributed by atoms with Gasteiger partial charge in [0.15, 0.2) is 0 Å². The number of piperazine rings is 1. The molecule has 0 saturated carbocycles. The van der Waals surface area contributed by atoms with Crippen LogP contribution >= 0.6 is 0 Å². The molecule has 37 heavy (non-hydrogen) atoms. The molecule has 1 aromatic rings. The molecule has 3 aliphatic rings. The maximum absolute atomic E-state index is 15.3. The number of carbonyl (C=O) groups excluding carboxylic acids is 4. The van der Waals surface area contributed by atoms with Gasteiger partial charge in [-0.3, -0.25) is 19.3 Å². The van der Waals surface area contributed by atoms with Crippen LogP contribution in [0.2, 0.25) is 0 Å². The average molecular weight is 513 g/mol. The second-order valence-corrected chi connectivity index (χ2v) is 10.5. The molecule has 2 atom stereocenters. The molecule has 4 rings (SSSR count). The van der Waals surface area contributed by atoms with Gasteiger partial charge in [-0.15, -0.1) is 0 Å². The molecule has 2 N–H and O–H groups in total. The first-order valence-electron chi connectivity index (χ1n) is 12.5. The van der Waals surface area contributed by atoms with E-state index >= 15 is 4.39 Å². The van der Waals surface area contributed by atoms with Gasteiger partial charge in [-0.05, 0) is 56.9 Å². The normalized spacial score (nSPS) is 25.0. The summed E-state index contributed by atoms with van der Waals surface area (Å²) in [5, 5.41) is 6.16. The first-order chi connectivity index (χ1) is 17.5. The highest BCUT2D eigenvalue weighted by atomic mass is 19.1. The number of amides is 3. The monoisotopic (exact) mass is 512 g/mol. The molecule has 0 spiro atoms. The zero-order valence-electron chi connectivity index (χ0n) is 21.6. The lowest BCUT2D eigenvalue weighted by molar-refractivity contribution is -0.164. The van der Waals surface area contributed by atoms with Crippen LogP contribution in [0.5, 0.6) is 0 Å². The molecule has 0 aliphatic carbocycles. The Morgan fingerprint density at radius 1 is 1.11 bits per heavy atom. The van der Waals surface area contributed by atoms with E-state index < -0.39 is 41.3 Å². The molecule has 2 fully saturated rings. The van der Waals surface area contributed by atoms with E-state index in [2.05, 4.69) is 10.6 Å². The van der Waals surface area contributed by atoms with Gasteiger partial charge in [-0.25, -0.2) is 9.69 Å². The molecule has 1 aromatic carbocycles. The number of piperidine rings is 1. The van der Waals surface area contributed by atoms with Crippen LogP contribution in [0, 0.1) is 0 Å². The first-order valence-corrected chi connectivity index (χ1v) is 12.5. The summed E-state index contributed by atoms with van der Waals surface area (Å²) in [5.41, 5.74) is -1.43. The number of benzene rings is 1. The van der Waals surface area contributed by atoms with Gasteiger partial charge in [0.25, 0.3) is 0 Å². The highest BCUT2D eigenvalue weighted by molar-refractivity contribution is 6.06. The van der Waals surface area contributed by atoms with Crippen molar-refractivity contribution in [3.05, 3.63) is 53.2 Å². The number of halogens is 1. The van der Waals surface area contributed by atoms with Crippen molar-refractivity contribution >= 4 is 29.5 Å². The number of carbonyl (C=O) groups is 4. The van der Waals surface area contributed by atoms with Crippen LogP contribution in [0.4, 0.5) is 9.18 Å². The van der Waals surface area contributed by atoms with Gasteiger partial charge in [0, 0.05) is 38.2 Å². The molecule has 2 saturated heterocycles. The van der Waals surface area contributed by atoms with Gasteiger partial charge < -0.3 is 15.4 Å². The lowest BCUT2D eigenvalue weighted by Gasteiger charge is -2.48. The lowest BCUT2D eigenvalue weighted by atomic mass is 9.84. The number of allylic oxidation sites excluding steroid dienone is 2. The number of likely N-dealkylation sites (tertiary alicyclic amines) is 1. The molecule has 3 heterocycles. The fraction of sp³-hybridized carbons (Fsp3) is 0.481. The van der Waals surface area contributed by atoms with E-state index in [-0.39, 0.29) is 25.0 Å². The van der Waals surface area contributed by atoms with Crippen molar-refractivity contribution in [2.45, 2.75) is 64.3 Å². The molecule has 3 aliphatic heterocycles. The predicted octanol–water partition coefficient (Wildman–Crippen LogP) is 2.89. The zero-order chi connectivity index (χ0) is 27.0. The van der Waals surface area contributed by atoms with E-state index in [1.807, 2.05) is 6.07 Å². The van der Waals surface area contributed by atoms with E-state index in [9.17, 15) is 19.2 Å². The number of ether oxygens (including phenoxy) is 1. The number of imide groups is 1. The molecular formula is C27H33FN4O5. The van der Waals surface area contributed by atoms with Gasteiger partial charge in [-0.2, -0.15) is 4.39 Å². The minimum Gasteiger partial charge on any atom is -0.444 e. The van der Waals surface area contributed by atoms with Gasteiger partial charge in [0.1, 0.15) is 5.60 Å². The molecule has 9 nitrogen and oxygen atoms in total. The third-order valence-electron chi connectivity index (χ3n) is 6.79. The third kappa shape index (κ3) is 5.02. The molecule has 2 unspecified atom stereocenters. The number of nitrogens with one attached hydrogen (secondary N) is 2. The summed E-state index contributed by atoms with van der Waals surface area (Å²) in [4.78, 5) is 54.3. The molecule has 10 heteroatoms. The van der Waals surface area contributed by atoms with E-state index in [1.54, 1.807) is 58.0 Å². The largest absolute Gasteiger partial charge is 0.444 e. The Morgan fingerprint density at radius 2 is 1.76 bits per heavy atom. The molecule has 0 aromatic heterocycles. The van der Waals surface area contributed by atoms with E-state index in [4.69, 9.17) is 4.74 Å². The van der Waals surface area contributed by atoms with Crippen LogP contribution in [0.1, 0.15) is 52.5 Å². The number of nitrogens with zero attached hydrogens (tertiary/aromatic N) is 2. The van der Waals surface area contributed by atoms with Crippen molar-refractivity contribution in [3.8, 4) is 0 Å². The Morgan fingerprint density at radius 3 is 2.35 bits per heavy atom. The summed E-state index contributed by atoms with van der Waals surface area (Å²) in [6.07, 6.45) is 1.56. The van der Waals surface area contributed by atoms with Crippen LogP contribution in [0.15, 0.2) is 47.7 Å².